The molecule has 0 aliphatic carbocycles. The first-order valence-electron chi connectivity index (χ1n) is 6.43. The van der Waals surface area contributed by atoms with Gasteiger partial charge in [0.05, 0.1) is 0 Å². The monoisotopic (exact) mass is 303 g/mol. The molecule has 2 rings (SSSR count). The van der Waals surface area contributed by atoms with Gasteiger partial charge < -0.3 is 5.73 Å². The van der Waals surface area contributed by atoms with E-state index in [4.69, 9.17) is 11.0 Å². The van der Waals surface area contributed by atoms with Gasteiger partial charge in [-0.3, -0.25) is 19.1 Å². The van der Waals surface area contributed by atoms with Crippen LogP contribution in [-0.4, -0.2) is 30.1 Å². The van der Waals surface area contributed by atoms with E-state index in [1.807, 2.05) is 6.92 Å². The van der Waals surface area contributed by atoms with Crippen molar-refractivity contribution in [1.29, 1.82) is 5.26 Å². The van der Waals surface area contributed by atoms with Crippen LogP contribution in [0.4, 0.5) is 5.82 Å². The number of nitrogen functional groups attached to an aromatic ring is 1. The van der Waals surface area contributed by atoms with Gasteiger partial charge in [-0.2, -0.15) is 5.26 Å². The third-order valence-corrected chi connectivity index (χ3v) is 2.91. The largest absolute Gasteiger partial charge is 0.384 e. The first-order valence-corrected chi connectivity index (χ1v) is 6.43. The molecule has 2 aromatic rings. The number of hydrogen-bond donors (Lipinski definition) is 2. The highest BCUT2D eigenvalue weighted by atomic mass is 16.2. The van der Waals surface area contributed by atoms with Crippen LogP contribution in [-0.2, 0) is 13.1 Å². The van der Waals surface area contributed by atoms with Crippen molar-refractivity contribution in [2.75, 3.05) is 5.73 Å². The van der Waals surface area contributed by atoms with Crippen LogP contribution in [0.15, 0.2) is 15.9 Å². The van der Waals surface area contributed by atoms with Crippen LogP contribution in [0, 0.1) is 11.3 Å². The Morgan fingerprint density at radius 3 is 2.82 bits per heavy atom. The topological polar surface area (TPSA) is 152 Å². The van der Waals surface area contributed by atoms with Crippen molar-refractivity contribution in [3.05, 3.63) is 38.6 Å². The van der Waals surface area contributed by atoms with Crippen LogP contribution in [0.5, 0.6) is 0 Å². The van der Waals surface area contributed by atoms with Crippen LogP contribution in [0.1, 0.15) is 29.5 Å². The minimum atomic E-state index is -0.847. The number of hydrogen-bond acceptors (Lipinski definition) is 7. The number of rotatable bonds is 5. The molecule has 10 nitrogen and oxygen atoms in total. The molecule has 10 heteroatoms. The quantitative estimate of drug-likeness (QED) is 0.663. The third kappa shape index (κ3) is 2.78. The molecule has 0 unspecified atom stereocenters. The van der Waals surface area contributed by atoms with Gasteiger partial charge in [-0.05, 0) is 6.42 Å². The molecule has 2 heterocycles. The second-order valence-corrected chi connectivity index (χ2v) is 4.47. The number of nitrogens with zero attached hydrogens (tertiary/aromatic N) is 5. The maximum absolute atomic E-state index is 12.2. The minimum Gasteiger partial charge on any atom is -0.384 e. The molecule has 0 aliphatic heterocycles. The average Bonchev–Trinajstić information content (AvgIpc) is 2.90. The fourth-order valence-corrected chi connectivity index (χ4v) is 1.95. The predicted octanol–water partition coefficient (Wildman–Crippen LogP) is -1.13. The summed E-state index contributed by atoms with van der Waals surface area (Å²) in [6, 6.07) is 1.72. The van der Waals surface area contributed by atoms with E-state index in [-0.39, 0.29) is 30.3 Å². The molecule has 0 aliphatic rings. The number of ketones is 1. The number of carbonyl (C=O) groups excluding carboxylic acids is 1. The van der Waals surface area contributed by atoms with E-state index in [0.29, 0.717) is 6.42 Å². The summed E-state index contributed by atoms with van der Waals surface area (Å²) in [4.78, 5) is 41.5. The minimum absolute atomic E-state index is 0.0920. The SMILES string of the molecule is CCCn1c(N)c(C(=O)Cn2cnc(C#N)n2)c(=O)[nH]c1=O. The summed E-state index contributed by atoms with van der Waals surface area (Å²) in [6.45, 7) is 1.80. The Morgan fingerprint density at radius 2 is 2.23 bits per heavy atom. The van der Waals surface area contributed by atoms with E-state index in [2.05, 4.69) is 15.1 Å². The Balaban J connectivity index is 2.41. The van der Waals surface area contributed by atoms with Gasteiger partial charge in [0.15, 0.2) is 5.78 Å². The highest BCUT2D eigenvalue weighted by Crippen LogP contribution is 2.07. The Kier molecular flexibility index (Phi) is 4.17. The van der Waals surface area contributed by atoms with Gasteiger partial charge in [-0.1, -0.05) is 6.92 Å². The van der Waals surface area contributed by atoms with Gasteiger partial charge in [0.2, 0.25) is 0 Å². The molecule has 0 amide bonds. The molecular formula is C12H13N7O3. The molecule has 2 aromatic heterocycles. The lowest BCUT2D eigenvalue weighted by Crippen LogP contribution is -2.37. The predicted molar refractivity (Wildman–Crippen MR) is 75.1 cm³/mol. The van der Waals surface area contributed by atoms with E-state index in [1.165, 1.54) is 6.33 Å². The van der Waals surface area contributed by atoms with Crippen molar-refractivity contribution < 1.29 is 4.79 Å². The molecule has 0 saturated carbocycles. The number of Topliss-reactive ketones (excluding diaryl/α,β-unsaturated/α-hetero) is 1. The lowest BCUT2D eigenvalue weighted by Gasteiger charge is -2.10. The zero-order chi connectivity index (χ0) is 16.3. The fraction of sp³-hybridized carbons (Fsp3) is 0.333. The van der Waals surface area contributed by atoms with Gasteiger partial charge in [0.1, 0.15) is 30.3 Å². The van der Waals surface area contributed by atoms with Crippen LogP contribution < -0.4 is 17.0 Å². The number of nitrogens with one attached hydrogen (secondary N) is 1. The van der Waals surface area contributed by atoms with E-state index in [1.54, 1.807) is 6.07 Å². The fourth-order valence-electron chi connectivity index (χ4n) is 1.95. The number of anilines is 1. The van der Waals surface area contributed by atoms with Crippen molar-refractivity contribution in [2.24, 2.45) is 0 Å². The summed E-state index contributed by atoms with van der Waals surface area (Å²) in [5.41, 5.74) is 3.97. The molecule has 114 valence electrons. The van der Waals surface area contributed by atoms with E-state index in [0.717, 1.165) is 9.25 Å². The molecule has 0 radical (unpaired) electrons. The standard InChI is InChI=1S/C12H13N7O3/c1-2-3-19-10(14)9(11(21)16-12(19)22)7(20)5-18-6-15-8(4-13)17-18/h6H,2-3,5,14H2,1H3,(H,16,21,22). The maximum Gasteiger partial charge on any atom is 0.329 e. The molecule has 0 saturated heterocycles. The molecular weight excluding hydrogens is 290 g/mol. The Hall–Kier alpha value is -3.22. The summed E-state index contributed by atoms with van der Waals surface area (Å²) in [5.74, 6) is -0.898. The van der Waals surface area contributed by atoms with Crippen LogP contribution >= 0.6 is 0 Å². The lowest BCUT2D eigenvalue weighted by molar-refractivity contribution is 0.0966. The zero-order valence-corrected chi connectivity index (χ0v) is 11.7. The summed E-state index contributed by atoms with van der Waals surface area (Å²) in [5, 5.41) is 12.4. The van der Waals surface area contributed by atoms with E-state index < -0.39 is 17.0 Å². The average molecular weight is 303 g/mol. The summed E-state index contributed by atoms with van der Waals surface area (Å²) < 4.78 is 2.26. The van der Waals surface area contributed by atoms with Crippen molar-refractivity contribution in [3.8, 4) is 6.07 Å². The van der Waals surface area contributed by atoms with Crippen LogP contribution in [0.25, 0.3) is 0 Å². The Labute approximate surface area is 123 Å². The highest BCUT2D eigenvalue weighted by molar-refractivity contribution is 5.99. The smallest absolute Gasteiger partial charge is 0.329 e. The summed E-state index contributed by atoms with van der Waals surface area (Å²) in [6.07, 6.45) is 1.81. The highest BCUT2D eigenvalue weighted by Gasteiger charge is 2.19. The zero-order valence-electron chi connectivity index (χ0n) is 11.7. The van der Waals surface area contributed by atoms with E-state index in [9.17, 15) is 14.4 Å². The number of nitrogens with two attached hydrogens (primary N) is 1. The van der Waals surface area contributed by atoms with Crippen molar-refractivity contribution in [1.82, 2.24) is 24.3 Å². The Morgan fingerprint density at radius 1 is 1.50 bits per heavy atom. The van der Waals surface area contributed by atoms with Gasteiger partial charge >= 0.3 is 5.69 Å². The second-order valence-electron chi connectivity index (χ2n) is 4.47. The maximum atomic E-state index is 12.2. The molecule has 22 heavy (non-hydrogen) atoms. The van der Waals surface area contributed by atoms with Crippen molar-refractivity contribution >= 4 is 11.6 Å². The number of H-pyrrole nitrogens is 1. The molecule has 0 fully saturated rings. The van der Waals surface area contributed by atoms with Crippen LogP contribution in [0.3, 0.4) is 0 Å². The molecule has 0 atom stereocenters. The number of aromatic amines is 1. The van der Waals surface area contributed by atoms with Gasteiger partial charge in [0, 0.05) is 6.54 Å². The first kappa shape index (κ1) is 15.2. The molecule has 0 aromatic carbocycles. The number of carbonyl (C=O) groups is 1. The normalized spacial score (nSPS) is 10.4. The van der Waals surface area contributed by atoms with E-state index >= 15 is 0 Å². The molecule has 0 spiro atoms. The van der Waals surface area contributed by atoms with Gasteiger partial charge in [0.25, 0.3) is 11.4 Å². The van der Waals surface area contributed by atoms with Gasteiger partial charge in [-0.25, -0.2) is 14.5 Å². The summed E-state index contributed by atoms with van der Waals surface area (Å²) in [7, 11) is 0. The first-order chi connectivity index (χ1) is 10.5. The Bertz CT molecular complexity index is 868. The number of aromatic nitrogens is 5. The summed E-state index contributed by atoms with van der Waals surface area (Å²) >= 11 is 0. The van der Waals surface area contributed by atoms with Crippen molar-refractivity contribution in [3.63, 3.8) is 0 Å². The number of nitriles is 1. The lowest BCUT2D eigenvalue weighted by atomic mass is 10.2. The molecule has 0 bridgehead atoms. The molecule has 3 N–H and O–H groups in total. The van der Waals surface area contributed by atoms with Crippen molar-refractivity contribution in [2.45, 2.75) is 26.4 Å². The van der Waals surface area contributed by atoms with Crippen LogP contribution in [0.2, 0.25) is 0 Å². The van der Waals surface area contributed by atoms with Gasteiger partial charge in [-0.15, -0.1) is 5.10 Å². The third-order valence-electron chi connectivity index (χ3n) is 2.91. The second kappa shape index (κ2) is 6.04.